The molecule has 4 rings (SSSR count). The fraction of sp³-hybridized carbons (Fsp3) is 0.0526. The number of fused-ring (bicyclic) bond motifs is 2. The minimum atomic E-state index is 0.248. The number of hydrogen-bond donors (Lipinski definition) is 0. The normalized spacial score (nSPS) is 11.5. The second-order valence-corrected chi connectivity index (χ2v) is 4.95. The Hall–Kier alpha value is -3.14. The van der Waals surface area contributed by atoms with E-state index in [9.17, 15) is 9.59 Å². The first-order valence-electron chi connectivity index (χ1n) is 7.09. The largest absolute Gasteiger partial charge is 0.454 e. The number of rotatable bonds is 2. The Morgan fingerprint density at radius 1 is 0.696 bits per heavy atom. The van der Waals surface area contributed by atoms with E-state index in [1.165, 1.54) is 5.39 Å². The van der Waals surface area contributed by atoms with Gasteiger partial charge in [0, 0.05) is 11.1 Å². The lowest BCUT2D eigenvalue weighted by molar-refractivity contribution is 0.111. The smallest absolute Gasteiger partial charge is 0.231 e. The molecule has 1 aliphatic heterocycles. The summed E-state index contributed by atoms with van der Waals surface area (Å²) in [5, 5.41) is 2.28. The first-order chi connectivity index (χ1) is 11.3. The van der Waals surface area contributed by atoms with Gasteiger partial charge in [0.05, 0.1) is 0 Å². The van der Waals surface area contributed by atoms with Crippen LogP contribution in [0.3, 0.4) is 0 Å². The van der Waals surface area contributed by atoms with Gasteiger partial charge in [0.15, 0.2) is 11.5 Å². The van der Waals surface area contributed by atoms with Gasteiger partial charge < -0.3 is 9.47 Å². The van der Waals surface area contributed by atoms with Crippen LogP contribution in [0.1, 0.15) is 20.7 Å². The van der Waals surface area contributed by atoms with Gasteiger partial charge in [-0.15, -0.1) is 0 Å². The quantitative estimate of drug-likeness (QED) is 0.674. The molecule has 0 spiro atoms. The zero-order valence-electron chi connectivity index (χ0n) is 12.3. The molecule has 0 bridgehead atoms. The van der Waals surface area contributed by atoms with Gasteiger partial charge in [0.2, 0.25) is 6.79 Å². The Kier molecular flexibility index (Phi) is 4.34. The molecule has 0 aliphatic carbocycles. The van der Waals surface area contributed by atoms with E-state index < -0.39 is 0 Å². The van der Waals surface area contributed by atoms with Crippen LogP contribution in [-0.4, -0.2) is 19.4 Å². The molecular formula is C19H14O4. The molecule has 1 aliphatic rings. The van der Waals surface area contributed by atoms with Crippen molar-refractivity contribution in [1.82, 2.24) is 0 Å². The predicted molar refractivity (Wildman–Crippen MR) is 87.3 cm³/mol. The summed E-state index contributed by atoms with van der Waals surface area (Å²) in [5.74, 6) is 1.35. The molecule has 4 heteroatoms. The van der Waals surface area contributed by atoms with Gasteiger partial charge in [0.1, 0.15) is 12.6 Å². The highest BCUT2D eigenvalue weighted by Gasteiger charge is 2.12. The molecule has 3 aromatic carbocycles. The molecule has 114 valence electrons. The van der Waals surface area contributed by atoms with Crippen molar-refractivity contribution < 1.29 is 19.1 Å². The molecule has 0 unspecified atom stereocenters. The van der Waals surface area contributed by atoms with Gasteiger partial charge in [-0.1, -0.05) is 36.4 Å². The number of benzene rings is 3. The molecule has 23 heavy (non-hydrogen) atoms. The van der Waals surface area contributed by atoms with Crippen molar-refractivity contribution in [1.29, 1.82) is 0 Å². The summed E-state index contributed by atoms with van der Waals surface area (Å²) < 4.78 is 10.1. The molecule has 4 nitrogen and oxygen atoms in total. The van der Waals surface area contributed by atoms with E-state index in [0.717, 1.165) is 23.5 Å². The first kappa shape index (κ1) is 14.8. The fourth-order valence-electron chi connectivity index (χ4n) is 2.27. The molecule has 0 amide bonds. The van der Waals surface area contributed by atoms with E-state index in [-0.39, 0.29) is 6.79 Å². The minimum absolute atomic E-state index is 0.248. The zero-order chi connectivity index (χ0) is 16.1. The van der Waals surface area contributed by atoms with Crippen molar-refractivity contribution in [2.75, 3.05) is 6.79 Å². The standard InChI is InChI=1S/C11H8O.C8H6O3/c12-8-9-5-6-10-3-1-2-4-11(10)7-9;9-4-6-1-2-7-8(3-6)11-5-10-7/h1-8H;1-4H,5H2. The molecule has 0 N–H and O–H groups in total. The predicted octanol–water partition coefficient (Wildman–Crippen LogP) is 3.88. The van der Waals surface area contributed by atoms with Gasteiger partial charge in [-0.25, -0.2) is 0 Å². The highest BCUT2D eigenvalue weighted by atomic mass is 16.7. The monoisotopic (exact) mass is 306 g/mol. The van der Waals surface area contributed by atoms with Crippen molar-refractivity contribution in [3.05, 3.63) is 71.8 Å². The molecule has 0 fully saturated rings. The lowest BCUT2D eigenvalue weighted by Crippen LogP contribution is -1.92. The average Bonchev–Trinajstić information content (AvgIpc) is 3.09. The van der Waals surface area contributed by atoms with Crippen LogP contribution >= 0.6 is 0 Å². The van der Waals surface area contributed by atoms with Crippen LogP contribution in [0.4, 0.5) is 0 Å². The summed E-state index contributed by atoms with van der Waals surface area (Å²) >= 11 is 0. The lowest BCUT2D eigenvalue weighted by Gasteiger charge is -1.96. The van der Waals surface area contributed by atoms with E-state index in [4.69, 9.17) is 9.47 Å². The fourth-order valence-corrected chi connectivity index (χ4v) is 2.27. The van der Waals surface area contributed by atoms with Gasteiger partial charge in [0.25, 0.3) is 0 Å². The number of carbonyl (C=O) groups is 2. The highest BCUT2D eigenvalue weighted by molar-refractivity contribution is 5.88. The summed E-state index contributed by atoms with van der Waals surface area (Å²) in [6.45, 7) is 0.248. The second kappa shape index (κ2) is 6.75. The van der Waals surface area contributed by atoms with E-state index in [1.807, 2.05) is 42.5 Å². The maximum atomic E-state index is 10.5. The average molecular weight is 306 g/mol. The van der Waals surface area contributed by atoms with Crippen LogP contribution in [-0.2, 0) is 0 Å². The number of hydrogen-bond acceptors (Lipinski definition) is 4. The summed E-state index contributed by atoms with van der Waals surface area (Å²) in [6, 6.07) is 18.8. The summed E-state index contributed by atoms with van der Waals surface area (Å²) in [4.78, 5) is 20.8. The molecular weight excluding hydrogens is 292 g/mol. The Balaban J connectivity index is 0.000000136. The maximum Gasteiger partial charge on any atom is 0.231 e. The Morgan fingerprint density at radius 3 is 2.13 bits per heavy atom. The molecule has 0 saturated heterocycles. The molecule has 3 aromatic rings. The van der Waals surface area contributed by atoms with Crippen LogP contribution in [0, 0.1) is 0 Å². The van der Waals surface area contributed by atoms with E-state index in [2.05, 4.69) is 0 Å². The van der Waals surface area contributed by atoms with Gasteiger partial charge in [-0.05, 0) is 35.0 Å². The Labute approximate surface area is 133 Å². The number of aldehydes is 2. The molecule has 0 aromatic heterocycles. The van der Waals surface area contributed by atoms with Crippen LogP contribution in [0.15, 0.2) is 60.7 Å². The highest BCUT2D eigenvalue weighted by Crippen LogP contribution is 2.31. The third kappa shape index (κ3) is 3.37. The Bertz CT molecular complexity index is 855. The van der Waals surface area contributed by atoms with Crippen LogP contribution in [0.5, 0.6) is 11.5 Å². The first-order valence-corrected chi connectivity index (χ1v) is 7.09. The number of carbonyl (C=O) groups excluding carboxylic acids is 2. The third-order valence-electron chi connectivity index (χ3n) is 3.44. The van der Waals surface area contributed by atoms with Crippen molar-refractivity contribution in [2.24, 2.45) is 0 Å². The van der Waals surface area contributed by atoms with Crippen molar-refractivity contribution in [3.63, 3.8) is 0 Å². The summed E-state index contributed by atoms with van der Waals surface area (Å²) in [5.41, 5.74) is 1.34. The summed E-state index contributed by atoms with van der Waals surface area (Å²) in [6.07, 6.45) is 1.65. The molecule has 1 heterocycles. The van der Waals surface area contributed by atoms with Crippen LogP contribution < -0.4 is 9.47 Å². The van der Waals surface area contributed by atoms with Crippen molar-refractivity contribution >= 4 is 23.3 Å². The van der Waals surface area contributed by atoms with Crippen LogP contribution in [0.2, 0.25) is 0 Å². The zero-order valence-corrected chi connectivity index (χ0v) is 12.3. The van der Waals surface area contributed by atoms with E-state index in [0.29, 0.717) is 17.1 Å². The van der Waals surface area contributed by atoms with Gasteiger partial charge in [-0.3, -0.25) is 9.59 Å². The maximum absolute atomic E-state index is 10.5. The van der Waals surface area contributed by atoms with Gasteiger partial charge >= 0.3 is 0 Å². The number of ether oxygens (including phenoxy) is 2. The van der Waals surface area contributed by atoms with Crippen molar-refractivity contribution in [3.8, 4) is 11.5 Å². The van der Waals surface area contributed by atoms with Gasteiger partial charge in [-0.2, -0.15) is 0 Å². The second-order valence-electron chi connectivity index (χ2n) is 4.95. The van der Waals surface area contributed by atoms with Crippen molar-refractivity contribution in [2.45, 2.75) is 0 Å². The van der Waals surface area contributed by atoms with E-state index >= 15 is 0 Å². The third-order valence-corrected chi connectivity index (χ3v) is 3.44. The molecule has 0 saturated carbocycles. The summed E-state index contributed by atoms with van der Waals surface area (Å²) in [7, 11) is 0. The minimum Gasteiger partial charge on any atom is -0.454 e. The SMILES string of the molecule is O=Cc1ccc2c(c1)OCO2.O=Cc1ccc2ccccc2c1. The van der Waals surface area contributed by atoms with E-state index in [1.54, 1.807) is 18.2 Å². The Morgan fingerprint density at radius 2 is 1.35 bits per heavy atom. The molecule has 0 radical (unpaired) electrons. The van der Waals surface area contributed by atoms with Crippen LogP contribution in [0.25, 0.3) is 10.8 Å². The molecule has 0 atom stereocenters. The topological polar surface area (TPSA) is 52.6 Å². The lowest BCUT2D eigenvalue weighted by atomic mass is 10.1.